The fourth-order valence-electron chi connectivity index (χ4n) is 5.30. The second-order valence-electron chi connectivity index (χ2n) is 13.1. The molecule has 0 unspecified atom stereocenters. The van der Waals surface area contributed by atoms with Crippen molar-refractivity contribution >= 4 is 42.4 Å². The molecule has 1 aliphatic rings. The lowest BCUT2D eigenvalue weighted by atomic mass is 10.0. The number of aromatic hydroxyl groups is 1. The molecule has 0 radical (unpaired) electrons. The first-order valence-electron chi connectivity index (χ1n) is 15.4. The van der Waals surface area contributed by atoms with E-state index >= 15 is 0 Å². The highest BCUT2D eigenvalue weighted by Gasteiger charge is 2.39. The van der Waals surface area contributed by atoms with E-state index in [4.69, 9.17) is 20.8 Å². The third-order valence-corrected chi connectivity index (χ3v) is 13.7. The lowest BCUT2D eigenvalue weighted by Gasteiger charge is -2.39. The molecule has 0 saturated carbocycles. The molecule has 240 valence electrons. The summed E-state index contributed by atoms with van der Waals surface area (Å²) in [6.45, 7) is 14.7. The maximum Gasteiger partial charge on any atom is 0.248 e. The number of likely N-dealkylation sites (tertiary alicyclic amines) is 1. The summed E-state index contributed by atoms with van der Waals surface area (Å²) < 4.78 is 12.6. The highest BCUT2D eigenvalue weighted by atomic mass is 35.5. The zero-order valence-corrected chi connectivity index (χ0v) is 28.6. The van der Waals surface area contributed by atoms with E-state index in [0.29, 0.717) is 41.5 Å². The molecule has 4 rings (SSSR count). The maximum atomic E-state index is 12.7. The minimum atomic E-state index is -2.22. The van der Waals surface area contributed by atoms with Gasteiger partial charge in [-0.1, -0.05) is 44.9 Å². The van der Waals surface area contributed by atoms with Crippen molar-refractivity contribution in [2.75, 3.05) is 38.6 Å². The summed E-state index contributed by atoms with van der Waals surface area (Å²) >= 11 is 6.64. The fourth-order valence-corrected chi connectivity index (χ4v) is 6.81. The van der Waals surface area contributed by atoms with Gasteiger partial charge in [0.05, 0.1) is 29.4 Å². The third-order valence-electron chi connectivity index (χ3n) is 8.89. The van der Waals surface area contributed by atoms with Gasteiger partial charge in [0.2, 0.25) is 11.5 Å². The van der Waals surface area contributed by atoms with Crippen molar-refractivity contribution in [1.29, 1.82) is 0 Å². The van der Waals surface area contributed by atoms with Crippen LogP contribution in [0.3, 0.4) is 0 Å². The van der Waals surface area contributed by atoms with Gasteiger partial charge < -0.3 is 34.8 Å². The Morgan fingerprint density at radius 3 is 2.55 bits per heavy atom. The smallest absolute Gasteiger partial charge is 0.248 e. The molecule has 1 fully saturated rings. The van der Waals surface area contributed by atoms with Crippen molar-refractivity contribution in [1.82, 2.24) is 15.2 Å². The summed E-state index contributed by atoms with van der Waals surface area (Å²) in [4.78, 5) is 29.8. The lowest BCUT2D eigenvalue weighted by molar-refractivity contribution is -0.116. The molecule has 11 heteroatoms. The molecule has 1 atom stereocenters. The number of phenols is 1. The highest BCUT2D eigenvalue weighted by molar-refractivity contribution is 6.74. The van der Waals surface area contributed by atoms with Crippen molar-refractivity contribution in [3.63, 3.8) is 0 Å². The Labute approximate surface area is 266 Å². The number of rotatable bonds is 12. The van der Waals surface area contributed by atoms with Crippen LogP contribution in [-0.2, 0) is 15.8 Å². The van der Waals surface area contributed by atoms with Crippen LogP contribution in [0.15, 0.2) is 41.2 Å². The largest absolute Gasteiger partial charge is 0.506 e. The monoisotopic (exact) mass is 642 g/mol. The van der Waals surface area contributed by atoms with Crippen molar-refractivity contribution in [3.8, 4) is 11.5 Å². The molecule has 4 N–H and O–H groups in total. The zero-order valence-electron chi connectivity index (χ0n) is 26.8. The predicted molar refractivity (Wildman–Crippen MR) is 181 cm³/mol. The first-order chi connectivity index (χ1) is 20.8. The third kappa shape index (κ3) is 8.42. The summed E-state index contributed by atoms with van der Waals surface area (Å²) in [5.41, 5.74) is 2.35. The van der Waals surface area contributed by atoms with Gasteiger partial charge in [-0.05, 0) is 67.8 Å². The summed E-state index contributed by atoms with van der Waals surface area (Å²) in [5.74, 6) is 0.555. The predicted octanol–water partition coefficient (Wildman–Crippen LogP) is 6.56. The Kier molecular flexibility index (Phi) is 11.2. The van der Waals surface area contributed by atoms with Gasteiger partial charge in [0, 0.05) is 49.1 Å². The van der Waals surface area contributed by atoms with E-state index < -0.39 is 8.32 Å². The van der Waals surface area contributed by atoms with E-state index in [-0.39, 0.29) is 28.4 Å². The SMILES string of the molecule is COc1cc(NC(=O)CCN2CCCCC2)c(Cl)cc1CNC[C@H](O[Si](C)(C)C(C)(C)C)c1ccc(O)c2[nH]c(=O)ccc12. The van der Waals surface area contributed by atoms with E-state index in [0.717, 1.165) is 36.1 Å². The number of carbonyl (C=O) groups is 1. The number of nitrogens with one attached hydrogen (secondary N) is 3. The van der Waals surface area contributed by atoms with Crippen molar-refractivity contribution in [2.45, 2.75) is 77.2 Å². The van der Waals surface area contributed by atoms with Gasteiger partial charge in [-0.15, -0.1) is 0 Å². The Hall–Kier alpha value is -2.89. The number of aromatic amines is 1. The Balaban J connectivity index is 1.50. The first kappa shape index (κ1) is 34.0. The number of benzene rings is 2. The summed E-state index contributed by atoms with van der Waals surface area (Å²) in [6, 6.07) is 10.2. The average molecular weight is 643 g/mol. The molecular weight excluding hydrogens is 596 g/mol. The van der Waals surface area contributed by atoms with E-state index in [2.05, 4.69) is 54.4 Å². The standard InChI is InChI=1S/C33H47ClN4O5Si/c1-33(2,3)44(5,6)43-29(23-10-12-27(39)32-24(23)11-13-30(40)37-32)21-35-20-22-18-25(34)26(19-28(22)42-4)36-31(41)14-17-38-15-8-7-9-16-38/h10-13,18-19,29,35,39H,7-9,14-17,20-21H2,1-6H3,(H,36,41)(H,37,40)/t29-/m0/s1. The van der Waals surface area contributed by atoms with Gasteiger partial charge in [-0.2, -0.15) is 0 Å². The van der Waals surface area contributed by atoms with Crippen LogP contribution in [0.5, 0.6) is 11.5 Å². The Morgan fingerprint density at radius 2 is 1.86 bits per heavy atom. The second-order valence-corrected chi connectivity index (χ2v) is 18.3. The maximum absolute atomic E-state index is 12.7. The molecule has 1 aliphatic heterocycles. The van der Waals surface area contributed by atoms with Gasteiger partial charge >= 0.3 is 0 Å². The highest BCUT2D eigenvalue weighted by Crippen LogP contribution is 2.41. The number of H-pyrrole nitrogens is 1. The average Bonchev–Trinajstić information content (AvgIpc) is 2.97. The van der Waals surface area contributed by atoms with Gasteiger partial charge in [-0.3, -0.25) is 9.59 Å². The van der Waals surface area contributed by atoms with Crippen LogP contribution in [0.2, 0.25) is 23.2 Å². The van der Waals surface area contributed by atoms with Crippen LogP contribution in [0.1, 0.15) is 63.7 Å². The van der Waals surface area contributed by atoms with Crippen molar-refractivity contribution < 1.29 is 19.1 Å². The first-order valence-corrected chi connectivity index (χ1v) is 18.7. The van der Waals surface area contributed by atoms with Crippen LogP contribution in [-0.4, -0.2) is 62.5 Å². The number of amides is 1. The number of methoxy groups -OCH3 is 1. The quantitative estimate of drug-likeness (QED) is 0.165. The Morgan fingerprint density at radius 1 is 1.14 bits per heavy atom. The minimum absolute atomic E-state index is 0.0125. The molecule has 9 nitrogen and oxygen atoms in total. The van der Waals surface area contributed by atoms with E-state index in [1.165, 1.54) is 25.3 Å². The van der Waals surface area contributed by atoms with Crippen LogP contribution >= 0.6 is 11.6 Å². The number of phenolic OH excluding ortho intramolecular Hbond substituents is 1. The molecule has 2 heterocycles. The Bertz CT molecular complexity index is 1510. The van der Waals surface area contributed by atoms with Gasteiger partial charge in [0.15, 0.2) is 8.32 Å². The van der Waals surface area contributed by atoms with Gasteiger partial charge in [0.25, 0.3) is 0 Å². The number of hydrogen-bond acceptors (Lipinski definition) is 7. The van der Waals surface area contributed by atoms with E-state index in [1.54, 1.807) is 25.3 Å². The number of halogens is 1. The van der Waals surface area contributed by atoms with Gasteiger partial charge in [0.1, 0.15) is 11.5 Å². The number of anilines is 1. The summed E-state index contributed by atoms with van der Waals surface area (Å²) in [7, 11) is -0.625. The number of ether oxygens (including phenoxy) is 1. The number of hydrogen-bond donors (Lipinski definition) is 4. The minimum Gasteiger partial charge on any atom is -0.506 e. The number of piperidine rings is 1. The second kappa shape index (κ2) is 14.5. The normalized spacial score (nSPS) is 15.3. The summed E-state index contributed by atoms with van der Waals surface area (Å²) in [6.07, 6.45) is 3.70. The van der Waals surface area contributed by atoms with E-state index in [1.807, 2.05) is 12.1 Å². The molecule has 3 aromatic rings. The molecule has 1 aromatic heterocycles. The molecule has 0 spiro atoms. The number of nitrogens with zero attached hydrogens (tertiary/aromatic N) is 1. The number of aromatic nitrogens is 1. The molecule has 1 saturated heterocycles. The van der Waals surface area contributed by atoms with Crippen LogP contribution in [0.25, 0.3) is 10.9 Å². The van der Waals surface area contributed by atoms with Crippen LogP contribution in [0.4, 0.5) is 5.69 Å². The lowest BCUT2D eigenvalue weighted by Crippen LogP contribution is -2.43. The fraction of sp³-hybridized carbons (Fsp3) is 0.515. The molecular formula is C33H47ClN4O5Si. The molecule has 1 amide bonds. The zero-order chi connectivity index (χ0) is 32.1. The molecule has 0 bridgehead atoms. The van der Waals surface area contributed by atoms with Gasteiger partial charge in [-0.25, -0.2) is 0 Å². The number of fused-ring (bicyclic) bond motifs is 1. The molecule has 0 aliphatic carbocycles. The van der Waals surface area contributed by atoms with Crippen molar-refractivity contribution in [3.05, 3.63) is 62.9 Å². The topological polar surface area (TPSA) is 116 Å². The van der Waals surface area contributed by atoms with Crippen molar-refractivity contribution in [2.24, 2.45) is 0 Å². The molecule has 2 aromatic carbocycles. The number of carbonyl (C=O) groups excluding carboxylic acids is 1. The number of pyridine rings is 1. The van der Waals surface area contributed by atoms with E-state index in [9.17, 15) is 14.7 Å². The summed E-state index contributed by atoms with van der Waals surface area (Å²) in [5, 5.41) is 18.1. The van der Waals surface area contributed by atoms with Crippen LogP contribution in [0, 0.1) is 0 Å². The van der Waals surface area contributed by atoms with Crippen LogP contribution < -0.4 is 20.9 Å². The molecule has 44 heavy (non-hydrogen) atoms.